The molecule has 0 spiro atoms. The van der Waals surface area contributed by atoms with Gasteiger partial charge in [-0.15, -0.1) is 0 Å². The molecule has 21 heavy (non-hydrogen) atoms. The van der Waals surface area contributed by atoms with Crippen molar-refractivity contribution in [3.63, 3.8) is 0 Å². The van der Waals surface area contributed by atoms with Crippen molar-refractivity contribution in [1.29, 1.82) is 5.26 Å². The van der Waals surface area contributed by atoms with E-state index >= 15 is 0 Å². The first-order valence-electron chi connectivity index (χ1n) is 6.67. The lowest BCUT2D eigenvalue weighted by molar-refractivity contribution is -0.118. The standard InChI is InChI=1S/C17H14N2O2/c1-21-13-8-6-12(7-9-13)11-19-16-5-3-2-4-14(16)15(10-18)17(19)20/h2-9,15H,11H2,1H3. The average molecular weight is 278 g/mol. The Hall–Kier alpha value is -2.80. The van der Waals surface area contributed by atoms with Crippen LogP contribution in [0, 0.1) is 11.3 Å². The summed E-state index contributed by atoms with van der Waals surface area (Å²) in [5.41, 5.74) is 2.61. The number of fused-ring (bicyclic) bond motifs is 1. The lowest BCUT2D eigenvalue weighted by atomic mass is 10.0. The molecule has 0 saturated heterocycles. The molecule has 0 bridgehead atoms. The van der Waals surface area contributed by atoms with Gasteiger partial charge < -0.3 is 9.64 Å². The van der Waals surface area contributed by atoms with Crippen LogP contribution in [0.1, 0.15) is 17.0 Å². The molecule has 1 atom stereocenters. The Morgan fingerprint density at radius 1 is 1.19 bits per heavy atom. The van der Waals surface area contributed by atoms with Gasteiger partial charge in [-0.25, -0.2) is 0 Å². The Bertz CT molecular complexity index is 716. The van der Waals surface area contributed by atoms with Crippen LogP contribution in [0.25, 0.3) is 0 Å². The van der Waals surface area contributed by atoms with Gasteiger partial charge in [-0.3, -0.25) is 4.79 Å². The highest BCUT2D eigenvalue weighted by molar-refractivity contribution is 6.06. The summed E-state index contributed by atoms with van der Waals surface area (Å²) < 4.78 is 5.13. The topological polar surface area (TPSA) is 53.3 Å². The molecule has 3 rings (SSSR count). The summed E-state index contributed by atoms with van der Waals surface area (Å²) >= 11 is 0. The summed E-state index contributed by atoms with van der Waals surface area (Å²) in [6.45, 7) is 0.456. The van der Waals surface area contributed by atoms with Crippen LogP contribution in [0.3, 0.4) is 0 Å². The van der Waals surface area contributed by atoms with Crippen molar-refractivity contribution in [1.82, 2.24) is 0 Å². The number of hydrogen-bond donors (Lipinski definition) is 0. The number of anilines is 1. The van der Waals surface area contributed by atoms with E-state index in [1.807, 2.05) is 48.5 Å². The number of para-hydroxylation sites is 1. The highest BCUT2D eigenvalue weighted by atomic mass is 16.5. The maximum absolute atomic E-state index is 12.4. The van der Waals surface area contributed by atoms with Gasteiger partial charge in [0.25, 0.3) is 0 Å². The maximum atomic E-state index is 12.4. The monoisotopic (exact) mass is 278 g/mol. The summed E-state index contributed by atoms with van der Waals surface area (Å²) in [6.07, 6.45) is 0. The number of amides is 1. The molecule has 0 fully saturated rings. The number of ether oxygens (including phenoxy) is 1. The Kier molecular flexibility index (Phi) is 3.33. The molecule has 0 aromatic heterocycles. The summed E-state index contributed by atoms with van der Waals surface area (Å²) in [5.74, 6) is -0.0734. The number of carbonyl (C=O) groups is 1. The van der Waals surface area contributed by atoms with Crippen LogP contribution >= 0.6 is 0 Å². The molecule has 1 unspecified atom stereocenters. The van der Waals surface area contributed by atoms with Gasteiger partial charge in [-0.1, -0.05) is 30.3 Å². The molecular formula is C17H14N2O2. The SMILES string of the molecule is COc1ccc(CN2C(=O)C(C#N)c3ccccc32)cc1. The van der Waals surface area contributed by atoms with Crippen LogP contribution in [-0.2, 0) is 11.3 Å². The van der Waals surface area contributed by atoms with E-state index in [9.17, 15) is 10.1 Å². The van der Waals surface area contributed by atoms with E-state index in [0.717, 1.165) is 22.6 Å². The van der Waals surface area contributed by atoms with Gasteiger partial charge in [-0.2, -0.15) is 5.26 Å². The van der Waals surface area contributed by atoms with Crippen LogP contribution in [0.15, 0.2) is 48.5 Å². The lowest BCUT2D eigenvalue weighted by Gasteiger charge is -2.17. The molecule has 4 heteroatoms. The molecule has 0 N–H and O–H groups in total. The minimum absolute atomic E-state index is 0.158. The minimum atomic E-state index is -0.695. The first kappa shape index (κ1) is 13.2. The molecule has 2 aromatic rings. The zero-order valence-electron chi connectivity index (χ0n) is 11.6. The van der Waals surface area contributed by atoms with Gasteiger partial charge in [0.05, 0.1) is 19.7 Å². The third kappa shape index (κ3) is 2.23. The van der Waals surface area contributed by atoms with Gasteiger partial charge in [-0.05, 0) is 23.8 Å². The van der Waals surface area contributed by atoms with E-state index in [2.05, 4.69) is 6.07 Å². The van der Waals surface area contributed by atoms with E-state index in [1.165, 1.54) is 0 Å². The minimum Gasteiger partial charge on any atom is -0.497 e. The van der Waals surface area contributed by atoms with Crippen molar-refractivity contribution < 1.29 is 9.53 Å². The highest BCUT2D eigenvalue weighted by Gasteiger charge is 2.36. The molecule has 1 aliphatic heterocycles. The quantitative estimate of drug-likeness (QED) is 0.867. The Labute approximate surface area is 123 Å². The summed E-state index contributed by atoms with van der Waals surface area (Å²) in [5, 5.41) is 9.22. The van der Waals surface area contributed by atoms with E-state index in [1.54, 1.807) is 12.0 Å². The normalized spacial score (nSPS) is 16.5. The smallest absolute Gasteiger partial charge is 0.249 e. The van der Waals surface area contributed by atoms with Gasteiger partial charge in [0.15, 0.2) is 5.92 Å². The number of hydrogen-bond acceptors (Lipinski definition) is 3. The van der Waals surface area contributed by atoms with Crippen molar-refractivity contribution in [2.45, 2.75) is 12.5 Å². The fraction of sp³-hybridized carbons (Fsp3) is 0.176. The lowest BCUT2D eigenvalue weighted by Crippen LogP contribution is -2.27. The second-order valence-corrected chi connectivity index (χ2v) is 4.89. The fourth-order valence-electron chi connectivity index (χ4n) is 2.59. The highest BCUT2D eigenvalue weighted by Crippen LogP contribution is 2.37. The van der Waals surface area contributed by atoms with E-state index in [4.69, 9.17) is 4.74 Å². The largest absolute Gasteiger partial charge is 0.497 e. The van der Waals surface area contributed by atoms with E-state index in [-0.39, 0.29) is 5.91 Å². The van der Waals surface area contributed by atoms with Gasteiger partial charge in [0.1, 0.15) is 5.75 Å². The van der Waals surface area contributed by atoms with Crippen molar-refractivity contribution >= 4 is 11.6 Å². The zero-order valence-corrected chi connectivity index (χ0v) is 11.6. The van der Waals surface area contributed by atoms with E-state index < -0.39 is 5.92 Å². The van der Waals surface area contributed by atoms with Crippen LogP contribution < -0.4 is 9.64 Å². The van der Waals surface area contributed by atoms with Gasteiger partial charge in [0, 0.05) is 11.3 Å². The fourth-order valence-corrected chi connectivity index (χ4v) is 2.59. The summed E-state index contributed by atoms with van der Waals surface area (Å²) in [7, 11) is 1.62. The second-order valence-electron chi connectivity index (χ2n) is 4.89. The molecule has 1 heterocycles. The zero-order chi connectivity index (χ0) is 14.8. The van der Waals surface area contributed by atoms with Crippen molar-refractivity contribution in [3.05, 3.63) is 59.7 Å². The summed E-state index contributed by atoms with van der Waals surface area (Å²) in [4.78, 5) is 14.1. The van der Waals surface area contributed by atoms with Crippen LogP contribution in [0.5, 0.6) is 5.75 Å². The van der Waals surface area contributed by atoms with Gasteiger partial charge in [0.2, 0.25) is 5.91 Å². The molecule has 104 valence electrons. The van der Waals surface area contributed by atoms with Crippen LogP contribution in [0.2, 0.25) is 0 Å². The first-order chi connectivity index (χ1) is 10.2. The Morgan fingerprint density at radius 3 is 2.57 bits per heavy atom. The average Bonchev–Trinajstić information content (AvgIpc) is 2.80. The third-order valence-corrected chi connectivity index (χ3v) is 3.68. The predicted molar refractivity (Wildman–Crippen MR) is 79.0 cm³/mol. The Balaban J connectivity index is 1.92. The number of rotatable bonds is 3. The number of benzene rings is 2. The van der Waals surface area contributed by atoms with Crippen molar-refractivity contribution in [2.75, 3.05) is 12.0 Å². The molecule has 0 saturated carbocycles. The van der Waals surface area contributed by atoms with Crippen LogP contribution in [-0.4, -0.2) is 13.0 Å². The second kappa shape index (κ2) is 5.29. The van der Waals surface area contributed by atoms with Crippen molar-refractivity contribution in [2.24, 2.45) is 0 Å². The third-order valence-electron chi connectivity index (χ3n) is 3.68. The van der Waals surface area contributed by atoms with E-state index in [0.29, 0.717) is 6.54 Å². The van der Waals surface area contributed by atoms with Gasteiger partial charge >= 0.3 is 0 Å². The molecule has 4 nitrogen and oxygen atoms in total. The molecule has 1 aliphatic rings. The molecule has 0 aliphatic carbocycles. The maximum Gasteiger partial charge on any atom is 0.249 e. The molecule has 0 radical (unpaired) electrons. The number of nitriles is 1. The summed E-state index contributed by atoms with van der Waals surface area (Å²) in [6, 6.07) is 17.1. The number of carbonyl (C=O) groups excluding carboxylic acids is 1. The number of methoxy groups -OCH3 is 1. The Morgan fingerprint density at radius 2 is 1.90 bits per heavy atom. The predicted octanol–water partition coefficient (Wildman–Crippen LogP) is 2.85. The molecule has 1 amide bonds. The first-order valence-corrected chi connectivity index (χ1v) is 6.67. The molecular weight excluding hydrogens is 264 g/mol. The number of nitrogens with zero attached hydrogens (tertiary/aromatic N) is 2. The van der Waals surface area contributed by atoms with Crippen molar-refractivity contribution in [3.8, 4) is 11.8 Å². The van der Waals surface area contributed by atoms with Crippen LogP contribution in [0.4, 0.5) is 5.69 Å². The molecule has 2 aromatic carbocycles.